The van der Waals surface area contributed by atoms with E-state index in [9.17, 15) is 0 Å². The van der Waals surface area contributed by atoms with Crippen molar-refractivity contribution in [2.45, 2.75) is 32.3 Å². The standard InChI is InChI=1S/C27H30GeN/c1-19-16-20(2)21(3)26(17-19)27-25-13-12-24(18-22(25)14-15-29(27)6)28(4,5)23-10-8-7-9-11-23/h7-18H,1-6H3/q+1. The zero-order valence-corrected chi connectivity index (χ0v) is 20.5. The molecule has 1 heterocycles. The molecular weight excluding hydrogens is 411 g/mol. The predicted molar refractivity (Wildman–Crippen MR) is 128 cm³/mol. The SMILES string of the molecule is Cc1cc(C)c(C)c(-c2c3cc[c]([Ge]([CH3])([CH3])[c]4ccccc4)cc3cc[n+]2C)c1. The first kappa shape index (κ1) is 19.9. The molecule has 0 unspecified atom stereocenters. The van der Waals surface area contributed by atoms with Crippen LogP contribution in [0.4, 0.5) is 0 Å². The summed E-state index contributed by atoms with van der Waals surface area (Å²) in [4.78, 5) is 0. The second-order valence-electron chi connectivity index (χ2n) is 8.82. The second kappa shape index (κ2) is 7.46. The van der Waals surface area contributed by atoms with Crippen LogP contribution in [0.1, 0.15) is 16.7 Å². The van der Waals surface area contributed by atoms with Crippen molar-refractivity contribution in [1.82, 2.24) is 0 Å². The molecule has 0 amide bonds. The van der Waals surface area contributed by atoms with Crippen molar-refractivity contribution in [1.29, 1.82) is 0 Å². The Balaban J connectivity index is 1.93. The van der Waals surface area contributed by atoms with E-state index in [1.807, 2.05) is 0 Å². The van der Waals surface area contributed by atoms with Crippen molar-refractivity contribution in [2.75, 3.05) is 0 Å². The van der Waals surface area contributed by atoms with Crippen molar-refractivity contribution >= 4 is 32.8 Å². The van der Waals surface area contributed by atoms with Gasteiger partial charge in [-0.2, -0.15) is 0 Å². The van der Waals surface area contributed by atoms with Gasteiger partial charge < -0.3 is 0 Å². The molecule has 0 atom stereocenters. The topological polar surface area (TPSA) is 3.88 Å². The summed E-state index contributed by atoms with van der Waals surface area (Å²) < 4.78 is 5.33. The van der Waals surface area contributed by atoms with Gasteiger partial charge in [0, 0.05) is 0 Å². The minimum atomic E-state index is -2.31. The molecule has 3 aromatic carbocycles. The van der Waals surface area contributed by atoms with Gasteiger partial charge in [0.05, 0.1) is 0 Å². The van der Waals surface area contributed by atoms with Crippen LogP contribution in [0.5, 0.6) is 0 Å². The van der Waals surface area contributed by atoms with Crippen LogP contribution in [0.15, 0.2) is 72.9 Å². The number of hydrogen-bond donors (Lipinski definition) is 0. The Kier molecular flexibility index (Phi) is 5.12. The summed E-state index contributed by atoms with van der Waals surface area (Å²) in [7, 11) is 2.16. The fourth-order valence-electron chi connectivity index (χ4n) is 4.40. The van der Waals surface area contributed by atoms with Crippen molar-refractivity contribution in [2.24, 2.45) is 7.05 Å². The average molecular weight is 441 g/mol. The number of pyridine rings is 1. The molecule has 2 heteroatoms. The molecule has 0 N–H and O–H groups in total. The second-order valence-corrected chi connectivity index (χ2v) is 18.1. The molecule has 0 saturated heterocycles. The van der Waals surface area contributed by atoms with Crippen molar-refractivity contribution in [3.63, 3.8) is 0 Å². The van der Waals surface area contributed by atoms with Crippen LogP contribution in [0.2, 0.25) is 11.5 Å². The summed E-state index contributed by atoms with van der Waals surface area (Å²) in [5.41, 5.74) is 6.69. The molecule has 0 saturated carbocycles. The predicted octanol–water partition coefficient (Wildman–Crippen LogP) is 5.08. The summed E-state index contributed by atoms with van der Waals surface area (Å²) in [6.07, 6.45) is 2.21. The molecule has 4 aromatic rings. The van der Waals surface area contributed by atoms with E-state index in [1.54, 1.807) is 0 Å². The zero-order valence-electron chi connectivity index (χ0n) is 18.4. The molecule has 0 radical (unpaired) electrons. The third kappa shape index (κ3) is 3.53. The van der Waals surface area contributed by atoms with Gasteiger partial charge in [0.1, 0.15) is 0 Å². The number of benzene rings is 3. The van der Waals surface area contributed by atoms with E-state index in [0.29, 0.717) is 0 Å². The van der Waals surface area contributed by atoms with Crippen LogP contribution in [0.3, 0.4) is 0 Å². The maximum atomic E-state index is 2.49. The summed E-state index contributed by atoms with van der Waals surface area (Å²) in [6, 6.07) is 25.1. The third-order valence-corrected chi connectivity index (χ3v) is 13.8. The van der Waals surface area contributed by atoms with Crippen LogP contribution in [-0.2, 0) is 7.05 Å². The van der Waals surface area contributed by atoms with Gasteiger partial charge >= 0.3 is 178 Å². The van der Waals surface area contributed by atoms with E-state index in [-0.39, 0.29) is 0 Å². The number of hydrogen-bond acceptors (Lipinski definition) is 0. The summed E-state index contributed by atoms with van der Waals surface area (Å²) >= 11 is -2.31. The molecule has 0 spiro atoms. The minimum absolute atomic E-state index is 1.31. The first-order valence-electron chi connectivity index (χ1n) is 10.4. The summed E-state index contributed by atoms with van der Waals surface area (Å²) in [6.45, 7) is 6.64. The molecule has 0 aliphatic carbocycles. The zero-order chi connectivity index (χ0) is 20.8. The molecule has 1 aromatic heterocycles. The Labute approximate surface area is 177 Å². The molecule has 29 heavy (non-hydrogen) atoms. The van der Waals surface area contributed by atoms with Gasteiger partial charge in [-0.1, -0.05) is 0 Å². The van der Waals surface area contributed by atoms with Crippen LogP contribution < -0.4 is 13.4 Å². The van der Waals surface area contributed by atoms with Gasteiger partial charge in [0.15, 0.2) is 0 Å². The fourth-order valence-corrected chi connectivity index (χ4v) is 9.39. The number of aryl methyl sites for hydroxylation is 3. The fraction of sp³-hybridized carbons (Fsp3) is 0.222. The molecular formula is C27H30GeN+. The van der Waals surface area contributed by atoms with Crippen LogP contribution in [0.25, 0.3) is 22.0 Å². The number of fused-ring (bicyclic) bond motifs is 1. The van der Waals surface area contributed by atoms with E-state index >= 15 is 0 Å². The van der Waals surface area contributed by atoms with E-state index in [0.717, 1.165) is 0 Å². The first-order valence-corrected chi connectivity index (χ1v) is 16.6. The average Bonchev–Trinajstić information content (AvgIpc) is 2.71. The van der Waals surface area contributed by atoms with E-state index in [2.05, 4.69) is 117 Å². The Morgan fingerprint density at radius 1 is 0.759 bits per heavy atom. The first-order chi connectivity index (χ1) is 13.8. The maximum absolute atomic E-state index is 2.49. The number of nitrogens with zero attached hydrogens (tertiary/aromatic N) is 1. The quantitative estimate of drug-likeness (QED) is 0.309. The molecule has 0 bridgehead atoms. The van der Waals surface area contributed by atoms with Crippen molar-refractivity contribution in [3.8, 4) is 11.3 Å². The van der Waals surface area contributed by atoms with Crippen LogP contribution in [0, 0.1) is 20.8 Å². The van der Waals surface area contributed by atoms with E-state index in [4.69, 9.17) is 0 Å². The Bertz CT molecular complexity index is 1210. The number of aromatic nitrogens is 1. The monoisotopic (exact) mass is 442 g/mol. The van der Waals surface area contributed by atoms with Gasteiger partial charge in [0.25, 0.3) is 0 Å². The summed E-state index contributed by atoms with van der Waals surface area (Å²) in [5.74, 6) is 4.99. The Hall–Kier alpha value is -2.39. The van der Waals surface area contributed by atoms with E-state index < -0.39 is 13.3 Å². The number of rotatable bonds is 3. The van der Waals surface area contributed by atoms with Gasteiger partial charge in [-0.15, -0.1) is 0 Å². The third-order valence-electron chi connectivity index (χ3n) is 6.42. The van der Waals surface area contributed by atoms with Gasteiger partial charge in [-0.05, 0) is 0 Å². The molecule has 4 rings (SSSR count). The van der Waals surface area contributed by atoms with Gasteiger partial charge in [-0.25, -0.2) is 0 Å². The van der Waals surface area contributed by atoms with Crippen molar-refractivity contribution < 1.29 is 4.57 Å². The molecule has 146 valence electrons. The Morgan fingerprint density at radius 2 is 1.48 bits per heavy atom. The van der Waals surface area contributed by atoms with E-state index in [1.165, 1.54) is 47.5 Å². The normalized spacial score (nSPS) is 11.8. The molecule has 1 nitrogen and oxygen atoms in total. The van der Waals surface area contributed by atoms with Crippen LogP contribution >= 0.6 is 0 Å². The van der Waals surface area contributed by atoms with Crippen LogP contribution in [-0.4, -0.2) is 13.3 Å². The molecule has 0 aliphatic rings. The molecule has 0 aliphatic heterocycles. The summed E-state index contributed by atoms with van der Waals surface area (Å²) in [5, 5.41) is 2.67. The Morgan fingerprint density at radius 3 is 2.21 bits per heavy atom. The van der Waals surface area contributed by atoms with Gasteiger partial charge in [-0.3, -0.25) is 0 Å². The molecule has 0 fully saturated rings. The van der Waals surface area contributed by atoms with Gasteiger partial charge in [0.2, 0.25) is 0 Å². The van der Waals surface area contributed by atoms with Crippen molar-refractivity contribution in [3.05, 3.63) is 89.6 Å².